The fraction of sp³-hybridized carbons (Fsp3) is 0.462. The fourth-order valence-electron chi connectivity index (χ4n) is 2.10. The van der Waals surface area contributed by atoms with E-state index in [1.807, 2.05) is 6.92 Å². The van der Waals surface area contributed by atoms with Crippen LogP contribution in [0.3, 0.4) is 0 Å². The highest BCUT2D eigenvalue weighted by atomic mass is 19.2. The summed E-state index contributed by atoms with van der Waals surface area (Å²) in [5.41, 5.74) is 4.95. The summed E-state index contributed by atoms with van der Waals surface area (Å²) in [5.74, 6) is -2.70. The Kier molecular flexibility index (Phi) is 3.71. The van der Waals surface area contributed by atoms with Crippen molar-refractivity contribution < 1.29 is 18.3 Å². The number of hydrogen-bond donors (Lipinski definition) is 2. The summed E-state index contributed by atoms with van der Waals surface area (Å²) in [5, 5.41) is 2.64. The maximum absolute atomic E-state index is 13.1. The van der Waals surface area contributed by atoms with E-state index >= 15 is 0 Å². The zero-order valence-electron chi connectivity index (χ0n) is 10.6. The van der Waals surface area contributed by atoms with Crippen molar-refractivity contribution in [2.75, 3.05) is 18.9 Å². The van der Waals surface area contributed by atoms with Crippen molar-refractivity contribution in [1.29, 1.82) is 0 Å². The van der Waals surface area contributed by atoms with Crippen LogP contribution in [0.5, 0.6) is 0 Å². The van der Waals surface area contributed by atoms with Crippen molar-refractivity contribution in [3.63, 3.8) is 0 Å². The second-order valence-electron chi connectivity index (χ2n) is 4.94. The number of nitrogens with one attached hydrogen (secondary N) is 1. The molecule has 2 rings (SSSR count). The molecule has 4 nitrogen and oxygen atoms in total. The van der Waals surface area contributed by atoms with Crippen LogP contribution in [0.1, 0.15) is 30.1 Å². The lowest BCUT2D eigenvalue weighted by atomic mass is 10.0. The van der Waals surface area contributed by atoms with Gasteiger partial charge in [-0.05, 0) is 25.8 Å². The summed E-state index contributed by atoms with van der Waals surface area (Å²) >= 11 is 0. The summed E-state index contributed by atoms with van der Waals surface area (Å²) in [7, 11) is 0. The van der Waals surface area contributed by atoms with Gasteiger partial charge in [-0.15, -0.1) is 0 Å². The smallest absolute Gasteiger partial charge is 0.253 e. The highest BCUT2D eigenvalue weighted by Gasteiger charge is 2.30. The summed E-state index contributed by atoms with van der Waals surface area (Å²) in [4.78, 5) is 11.9. The van der Waals surface area contributed by atoms with E-state index < -0.39 is 23.1 Å². The van der Waals surface area contributed by atoms with Gasteiger partial charge in [0.2, 0.25) is 0 Å². The van der Waals surface area contributed by atoms with Gasteiger partial charge in [0.25, 0.3) is 5.91 Å². The van der Waals surface area contributed by atoms with Crippen LogP contribution in [0, 0.1) is 11.6 Å². The second-order valence-corrected chi connectivity index (χ2v) is 4.94. The first-order valence-electron chi connectivity index (χ1n) is 6.08. The summed E-state index contributed by atoms with van der Waals surface area (Å²) in [6, 6.07) is 1.61. The number of nitrogen functional groups attached to an aromatic ring is 1. The second kappa shape index (κ2) is 5.13. The number of rotatable bonds is 3. The third-order valence-corrected chi connectivity index (χ3v) is 3.26. The molecule has 1 heterocycles. The van der Waals surface area contributed by atoms with Gasteiger partial charge in [-0.25, -0.2) is 8.78 Å². The molecule has 1 amide bonds. The number of benzene rings is 1. The van der Waals surface area contributed by atoms with Crippen LogP contribution in [0.2, 0.25) is 0 Å². The number of hydrogen-bond acceptors (Lipinski definition) is 3. The molecule has 19 heavy (non-hydrogen) atoms. The first-order valence-corrected chi connectivity index (χ1v) is 6.08. The standard InChI is InChI=1S/C13H16F2N2O2/c1-13(3-2-4-19-13)7-17-12(18)8-5-9(14)10(15)6-11(8)16/h5-6H,2-4,7,16H2,1H3,(H,17,18). The molecule has 0 saturated carbocycles. The van der Waals surface area contributed by atoms with Gasteiger partial charge in [0.1, 0.15) is 0 Å². The number of halogens is 2. The average molecular weight is 270 g/mol. The van der Waals surface area contributed by atoms with E-state index in [0.717, 1.165) is 25.0 Å². The fourth-order valence-corrected chi connectivity index (χ4v) is 2.10. The minimum atomic E-state index is -1.09. The highest BCUT2D eigenvalue weighted by Crippen LogP contribution is 2.24. The lowest BCUT2D eigenvalue weighted by Gasteiger charge is -2.23. The van der Waals surface area contributed by atoms with Crippen LogP contribution in [0.4, 0.5) is 14.5 Å². The van der Waals surface area contributed by atoms with Crippen molar-refractivity contribution in [3.05, 3.63) is 29.3 Å². The van der Waals surface area contributed by atoms with E-state index in [1.165, 1.54) is 0 Å². The zero-order valence-corrected chi connectivity index (χ0v) is 10.6. The molecule has 1 atom stereocenters. The Morgan fingerprint density at radius 1 is 1.47 bits per heavy atom. The van der Waals surface area contributed by atoms with Gasteiger partial charge in [-0.2, -0.15) is 0 Å². The molecule has 0 bridgehead atoms. The molecule has 3 N–H and O–H groups in total. The maximum Gasteiger partial charge on any atom is 0.253 e. The molecule has 1 saturated heterocycles. The van der Waals surface area contributed by atoms with E-state index in [1.54, 1.807) is 0 Å². The molecular formula is C13H16F2N2O2. The SMILES string of the molecule is CC1(CNC(=O)c2cc(F)c(F)cc2N)CCCO1. The van der Waals surface area contributed by atoms with Gasteiger partial charge in [-0.3, -0.25) is 4.79 Å². The Bertz CT molecular complexity index is 500. The van der Waals surface area contributed by atoms with Crippen molar-refractivity contribution in [3.8, 4) is 0 Å². The Balaban J connectivity index is 2.06. The predicted octanol–water partition coefficient (Wildman–Crippen LogP) is 1.85. The lowest BCUT2D eigenvalue weighted by molar-refractivity contribution is 0.0206. The van der Waals surface area contributed by atoms with Crippen molar-refractivity contribution in [1.82, 2.24) is 5.32 Å². The molecular weight excluding hydrogens is 254 g/mol. The highest BCUT2D eigenvalue weighted by molar-refractivity contribution is 5.99. The van der Waals surface area contributed by atoms with Crippen molar-refractivity contribution >= 4 is 11.6 Å². The Morgan fingerprint density at radius 2 is 2.16 bits per heavy atom. The maximum atomic E-state index is 13.1. The van der Waals surface area contributed by atoms with E-state index in [-0.39, 0.29) is 11.3 Å². The van der Waals surface area contributed by atoms with Crippen LogP contribution >= 0.6 is 0 Å². The van der Waals surface area contributed by atoms with Crippen LogP contribution in [-0.4, -0.2) is 24.7 Å². The van der Waals surface area contributed by atoms with Crippen molar-refractivity contribution in [2.45, 2.75) is 25.4 Å². The number of carbonyl (C=O) groups is 1. The van der Waals surface area contributed by atoms with Gasteiger partial charge in [-0.1, -0.05) is 0 Å². The van der Waals surface area contributed by atoms with E-state index in [0.29, 0.717) is 13.2 Å². The summed E-state index contributed by atoms with van der Waals surface area (Å²) < 4.78 is 31.5. The first kappa shape index (κ1) is 13.7. The first-order chi connectivity index (χ1) is 8.91. The molecule has 0 radical (unpaired) electrons. The molecule has 1 aromatic carbocycles. The van der Waals surface area contributed by atoms with Crippen LogP contribution in [0.15, 0.2) is 12.1 Å². The number of anilines is 1. The number of ether oxygens (including phenoxy) is 1. The van der Waals surface area contributed by atoms with Gasteiger partial charge in [0, 0.05) is 24.9 Å². The van der Waals surface area contributed by atoms with E-state index in [4.69, 9.17) is 10.5 Å². The van der Waals surface area contributed by atoms with Crippen LogP contribution in [-0.2, 0) is 4.74 Å². The van der Waals surface area contributed by atoms with Gasteiger partial charge in [0.05, 0.1) is 11.2 Å². The predicted molar refractivity (Wildman–Crippen MR) is 66.7 cm³/mol. The number of amides is 1. The average Bonchev–Trinajstić information content (AvgIpc) is 2.78. The van der Waals surface area contributed by atoms with Gasteiger partial charge < -0.3 is 15.8 Å². The third-order valence-electron chi connectivity index (χ3n) is 3.26. The minimum absolute atomic E-state index is 0.0690. The Labute approximate surface area is 109 Å². The molecule has 104 valence electrons. The molecule has 0 spiro atoms. The third kappa shape index (κ3) is 3.01. The molecule has 1 aromatic rings. The summed E-state index contributed by atoms with van der Waals surface area (Å²) in [6.07, 6.45) is 1.79. The molecule has 0 aromatic heterocycles. The van der Waals surface area contributed by atoms with E-state index in [9.17, 15) is 13.6 Å². The summed E-state index contributed by atoms with van der Waals surface area (Å²) in [6.45, 7) is 2.87. The number of carbonyl (C=O) groups excluding carboxylic acids is 1. The zero-order chi connectivity index (χ0) is 14.0. The van der Waals surface area contributed by atoms with E-state index in [2.05, 4.69) is 5.32 Å². The van der Waals surface area contributed by atoms with Crippen molar-refractivity contribution in [2.24, 2.45) is 0 Å². The molecule has 1 aliphatic rings. The van der Waals surface area contributed by atoms with Crippen LogP contribution < -0.4 is 11.1 Å². The lowest BCUT2D eigenvalue weighted by Crippen LogP contribution is -2.40. The molecule has 1 fully saturated rings. The molecule has 1 aliphatic heterocycles. The number of nitrogens with two attached hydrogens (primary N) is 1. The topological polar surface area (TPSA) is 64.4 Å². The van der Waals surface area contributed by atoms with Crippen LogP contribution in [0.25, 0.3) is 0 Å². The largest absolute Gasteiger partial charge is 0.398 e. The molecule has 1 unspecified atom stereocenters. The van der Waals surface area contributed by atoms with Gasteiger partial charge >= 0.3 is 0 Å². The minimum Gasteiger partial charge on any atom is -0.398 e. The van der Waals surface area contributed by atoms with Gasteiger partial charge in [0.15, 0.2) is 11.6 Å². The Hall–Kier alpha value is -1.69. The Morgan fingerprint density at radius 3 is 2.79 bits per heavy atom. The quantitative estimate of drug-likeness (QED) is 0.824. The molecule has 0 aliphatic carbocycles. The molecule has 6 heteroatoms. The normalized spacial score (nSPS) is 22.5. The monoisotopic (exact) mass is 270 g/mol.